The fourth-order valence-electron chi connectivity index (χ4n) is 2.38. The van der Waals surface area contributed by atoms with Gasteiger partial charge in [-0.3, -0.25) is 4.79 Å². The van der Waals surface area contributed by atoms with Crippen LogP contribution in [-0.4, -0.2) is 30.7 Å². The second kappa shape index (κ2) is 8.18. The summed E-state index contributed by atoms with van der Waals surface area (Å²) in [6.45, 7) is 1.99. The minimum Gasteiger partial charge on any atom is -0.497 e. The van der Waals surface area contributed by atoms with Gasteiger partial charge in [0.25, 0.3) is 5.91 Å². The SMILES string of the molecule is CCOC(=O)c1cc(-c2ccc(NC(=O)c3ccc(OC)cc3)cc2)on1. The second-order valence-corrected chi connectivity index (χ2v) is 5.56. The maximum Gasteiger partial charge on any atom is 0.360 e. The van der Waals surface area contributed by atoms with Crippen molar-refractivity contribution in [2.75, 3.05) is 19.0 Å². The minimum absolute atomic E-state index is 0.115. The molecule has 0 unspecified atom stereocenters. The number of nitrogens with one attached hydrogen (secondary N) is 1. The zero-order valence-corrected chi connectivity index (χ0v) is 14.9. The van der Waals surface area contributed by atoms with E-state index in [4.69, 9.17) is 14.0 Å². The Morgan fingerprint density at radius 3 is 2.41 bits per heavy atom. The van der Waals surface area contributed by atoms with Gasteiger partial charge in [-0.2, -0.15) is 0 Å². The van der Waals surface area contributed by atoms with Crippen molar-refractivity contribution in [1.29, 1.82) is 0 Å². The predicted molar refractivity (Wildman–Crippen MR) is 98.8 cm³/mol. The second-order valence-electron chi connectivity index (χ2n) is 5.56. The van der Waals surface area contributed by atoms with E-state index in [2.05, 4.69) is 10.5 Å². The van der Waals surface area contributed by atoms with Crippen LogP contribution in [0.1, 0.15) is 27.8 Å². The summed E-state index contributed by atoms with van der Waals surface area (Å²) in [6, 6.07) is 15.3. The quantitative estimate of drug-likeness (QED) is 0.668. The number of aromatic nitrogens is 1. The van der Waals surface area contributed by atoms with Crippen LogP contribution < -0.4 is 10.1 Å². The Kier molecular flexibility index (Phi) is 5.51. The molecule has 138 valence electrons. The van der Waals surface area contributed by atoms with Crippen molar-refractivity contribution in [2.24, 2.45) is 0 Å². The lowest BCUT2D eigenvalue weighted by molar-refractivity contribution is 0.0514. The zero-order valence-electron chi connectivity index (χ0n) is 14.9. The Hall–Kier alpha value is -3.61. The monoisotopic (exact) mass is 366 g/mol. The van der Waals surface area contributed by atoms with E-state index in [9.17, 15) is 9.59 Å². The number of carbonyl (C=O) groups excluding carboxylic acids is 2. The van der Waals surface area contributed by atoms with Crippen LogP contribution in [0.25, 0.3) is 11.3 Å². The van der Waals surface area contributed by atoms with E-state index in [0.717, 1.165) is 5.56 Å². The molecule has 0 bridgehead atoms. The largest absolute Gasteiger partial charge is 0.497 e. The van der Waals surface area contributed by atoms with Crippen LogP contribution in [0.15, 0.2) is 59.1 Å². The summed E-state index contributed by atoms with van der Waals surface area (Å²) in [4.78, 5) is 23.9. The lowest BCUT2D eigenvalue weighted by Crippen LogP contribution is -2.11. The molecule has 0 saturated carbocycles. The molecular formula is C20H18N2O5. The number of carbonyl (C=O) groups is 2. The van der Waals surface area contributed by atoms with Crippen molar-refractivity contribution < 1.29 is 23.6 Å². The number of nitrogens with zero attached hydrogens (tertiary/aromatic N) is 1. The highest BCUT2D eigenvalue weighted by molar-refractivity contribution is 6.04. The smallest absolute Gasteiger partial charge is 0.360 e. The van der Waals surface area contributed by atoms with E-state index < -0.39 is 5.97 Å². The molecule has 0 aliphatic heterocycles. The summed E-state index contributed by atoms with van der Waals surface area (Å²) in [5, 5.41) is 6.52. The molecular weight excluding hydrogens is 348 g/mol. The number of hydrogen-bond donors (Lipinski definition) is 1. The van der Waals surface area contributed by atoms with E-state index in [-0.39, 0.29) is 18.2 Å². The lowest BCUT2D eigenvalue weighted by atomic mass is 10.1. The first-order valence-electron chi connectivity index (χ1n) is 8.30. The molecule has 0 aliphatic rings. The number of anilines is 1. The highest BCUT2D eigenvalue weighted by Gasteiger charge is 2.14. The molecule has 1 N–H and O–H groups in total. The third kappa shape index (κ3) is 4.33. The number of methoxy groups -OCH3 is 1. The van der Waals surface area contributed by atoms with Crippen LogP contribution in [0.3, 0.4) is 0 Å². The molecule has 1 aromatic heterocycles. The van der Waals surface area contributed by atoms with E-state index in [0.29, 0.717) is 22.8 Å². The van der Waals surface area contributed by atoms with E-state index in [1.807, 2.05) is 0 Å². The van der Waals surface area contributed by atoms with Crippen molar-refractivity contribution in [3.8, 4) is 17.1 Å². The van der Waals surface area contributed by atoms with Crippen LogP contribution in [0.4, 0.5) is 5.69 Å². The molecule has 0 fully saturated rings. The summed E-state index contributed by atoms with van der Waals surface area (Å²) in [6.07, 6.45) is 0. The molecule has 0 aliphatic carbocycles. The number of benzene rings is 2. The van der Waals surface area contributed by atoms with Gasteiger partial charge in [-0.1, -0.05) is 5.16 Å². The van der Waals surface area contributed by atoms with Gasteiger partial charge >= 0.3 is 5.97 Å². The Morgan fingerprint density at radius 2 is 1.78 bits per heavy atom. The number of esters is 1. The maximum atomic E-state index is 12.3. The van der Waals surface area contributed by atoms with Crippen LogP contribution in [0.5, 0.6) is 5.75 Å². The van der Waals surface area contributed by atoms with Gasteiger partial charge < -0.3 is 19.3 Å². The summed E-state index contributed by atoms with van der Waals surface area (Å²) in [7, 11) is 1.57. The van der Waals surface area contributed by atoms with Crippen LogP contribution in [0, 0.1) is 0 Å². The third-order valence-corrected chi connectivity index (χ3v) is 3.77. The first-order chi connectivity index (χ1) is 13.1. The molecule has 27 heavy (non-hydrogen) atoms. The number of amides is 1. The molecule has 3 rings (SSSR count). The van der Waals surface area contributed by atoms with Gasteiger partial charge in [-0.05, 0) is 55.5 Å². The fourth-order valence-corrected chi connectivity index (χ4v) is 2.38. The van der Waals surface area contributed by atoms with Crippen LogP contribution in [-0.2, 0) is 4.74 Å². The van der Waals surface area contributed by atoms with Gasteiger partial charge in [-0.15, -0.1) is 0 Å². The summed E-state index contributed by atoms with van der Waals surface area (Å²) in [5.41, 5.74) is 1.99. The Balaban J connectivity index is 1.68. The average Bonchev–Trinajstić information content (AvgIpc) is 3.19. The van der Waals surface area contributed by atoms with Gasteiger partial charge in [-0.25, -0.2) is 4.79 Å². The first kappa shape index (κ1) is 18.2. The topological polar surface area (TPSA) is 90.7 Å². The lowest BCUT2D eigenvalue weighted by Gasteiger charge is -2.06. The average molecular weight is 366 g/mol. The Bertz CT molecular complexity index is 930. The van der Waals surface area contributed by atoms with Crippen molar-refractivity contribution in [2.45, 2.75) is 6.92 Å². The van der Waals surface area contributed by atoms with Gasteiger partial charge in [0.1, 0.15) is 5.75 Å². The van der Waals surface area contributed by atoms with Gasteiger partial charge in [0, 0.05) is 22.9 Å². The highest BCUT2D eigenvalue weighted by Crippen LogP contribution is 2.23. The normalized spacial score (nSPS) is 10.3. The predicted octanol–water partition coefficient (Wildman–Crippen LogP) is 3.78. The maximum absolute atomic E-state index is 12.3. The van der Waals surface area contributed by atoms with E-state index in [1.54, 1.807) is 62.6 Å². The standard InChI is InChI=1S/C20H18N2O5/c1-3-26-20(24)17-12-18(27-22-17)13-4-8-15(9-5-13)21-19(23)14-6-10-16(25-2)11-7-14/h4-12H,3H2,1-2H3,(H,21,23). The zero-order chi connectivity index (χ0) is 19.2. The molecule has 1 amide bonds. The first-order valence-corrected chi connectivity index (χ1v) is 8.30. The van der Waals surface area contributed by atoms with E-state index >= 15 is 0 Å². The number of ether oxygens (including phenoxy) is 2. The molecule has 0 atom stereocenters. The number of hydrogen-bond acceptors (Lipinski definition) is 6. The molecule has 3 aromatic rings. The van der Waals surface area contributed by atoms with Crippen LogP contribution in [0.2, 0.25) is 0 Å². The molecule has 1 heterocycles. The summed E-state index contributed by atoms with van der Waals surface area (Å²) >= 11 is 0. The fraction of sp³-hybridized carbons (Fsp3) is 0.150. The third-order valence-electron chi connectivity index (χ3n) is 3.77. The van der Waals surface area contributed by atoms with Crippen molar-refractivity contribution in [1.82, 2.24) is 5.16 Å². The van der Waals surface area contributed by atoms with Gasteiger partial charge in [0.15, 0.2) is 11.5 Å². The minimum atomic E-state index is -0.532. The molecule has 0 saturated heterocycles. The molecule has 7 nitrogen and oxygen atoms in total. The molecule has 7 heteroatoms. The molecule has 2 aromatic carbocycles. The van der Waals surface area contributed by atoms with Crippen molar-refractivity contribution in [3.05, 3.63) is 65.9 Å². The van der Waals surface area contributed by atoms with Gasteiger partial charge in [0.2, 0.25) is 0 Å². The Morgan fingerprint density at radius 1 is 1.07 bits per heavy atom. The van der Waals surface area contributed by atoms with E-state index in [1.165, 1.54) is 6.07 Å². The molecule has 0 spiro atoms. The van der Waals surface area contributed by atoms with Gasteiger partial charge in [0.05, 0.1) is 13.7 Å². The number of rotatable bonds is 6. The van der Waals surface area contributed by atoms with Crippen molar-refractivity contribution in [3.63, 3.8) is 0 Å². The summed E-state index contributed by atoms with van der Waals surface area (Å²) in [5.74, 6) is 0.363. The van der Waals surface area contributed by atoms with Crippen LogP contribution >= 0.6 is 0 Å². The summed E-state index contributed by atoms with van der Waals surface area (Å²) < 4.78 is 15.1. The molecule has 0 radical (unpaired) electrons. The Labute approximate surface area is 155 Å². The highest BCUT2D eigenvalue weighted by atomic mass is 16.5. The van der Waals surface area contributed by atoms with Crippen molar-refractivity contribution >= 4 is 17.6 Å².